The van der Waals surface area contributed by atoms with Gasteiger partial charge in [-0.15, -0.1) is 0 Å². The summed E-state index contributed by atoms with van der Waals surface area (Å²) in [5.41, 5.74) is 2.91. The summed E-state index contributed by atoms with van der Waals surface area (Å²) < 4.78 is 0.950. The summed E-state index contributed by atoms with van der Waals surface area (Å²) in [6.45, 7) is 7.82. The van der Waals surface area contributed by atoms with Gasteiger partial charge in [0.05, 0.1) is 0 Å². The van der Waals surface area contributed by atoms with Crippen LogP contribution in [0.2, 0.25) is 0 Å². The predicted octanol–water partition coefficient (Wildman–Crippen LogP) is 3.93. The van der Waals surface area contributed by atoms with E-state index in [2.05, 4.69) is 36.5 Å². The Hall–Kier alpha value is -1.95. The number of rotatable bonds is 4. The van der Waals surface area contributed by atoms with Crippen LogP contribution >= 0.6 is 15.9 Å². The Morgan fingerprint density at radius 2 is 1.91 bits per heavy atom. The van der Waals surface area contributed by atoms with Crippen molar-refractivity contribution >= 4 is 33.5 Å². The Kier molecular flexibility index (Phi) is 5.13. The lowest BCUT2D eigenvalue weighted by Gasteiger charge is -2.11. The molecule has 0 saturated heterocycles. The lowest BCUT2D eigenvalue weighted by molar-refractivity contribution is 0.102. The number of carbonyl (C=O) groups is 1. The molecule has 0 spiro atoms. The molecular formula is C16H19BrN4O. The van der Waals surface area contributed by atoms with Crippen LogP contribution in [-0.2, 0) is 0 Å². The van der Waals surface area contributed by atoms with E-state index >= 15 is 0 Å². The van der Waals surface area contributed by atoms with E-state index in [0.717, 1.165) is 21.4 Å². The van der Waals surface area contributed by atoms with Crippen molar-refractivity contribution < 1.29 is 4.79 Å². The molecule has 0 unspecified atom stereocenters. The topological polar surface area (TPSA) is 66.9 Å². The summed E-state index contributed by atoms with van der Waals surface area (Å²) in [7, 11) is 0. The molecule has 0 aliphatic carbocycles. The number of benzene rings is 1. The third-order valence-corrected chi connectivity index (χ3v) is 3.79. The Morgan fingerprint density at radius 3 is 2.55 bits per heavy atom. The van der Waals surface area contributed by atoms with Gasteiger partial charge in [-0.25, -0.2) is 9.97 Å². The number of carbonyl (C=O) groups excluding carboxylic acids is 1. The maximum absolute atomic E-state index is 12.4. The number of hydrogen-bond acceptors (Lipinski definition) is 4. The van der Waals surface area contributed by atoms with Crippen LogP contribution in [0.1, 0.15) is 35.6 Å². The average molecular weight is 363 g/mol. The zero-order valence-corrected chi connectivity index (χ0v) is 14.7. The highest BCUT2D eigenvalue weighted by molar-refractivity contribution is 9.10. The van der Waals surface area contributed by atoms with Crippen LogP contribution in [0, 0.1) is 13.8 Å². The zero-order chi connectivity index (χ0) is 16.3. The molecule has 2 N–H and O–H groups in total. The van der Waals surface area contributed by atoms with Gasteiger partial charge in [0.15, 0.2) is 0 Å². The maximum atomic E-state index is 12.4. The fraction of sp³-hybridized carbons (Fsp3) is 0.312. The minimum atomic E-state index is -0.256. The number of hydrogen-bond donors (Lipinski definition) is 2. The standard InChI is InChI=1S/C16H19BrN4O/c1-9(2)18-16-19-11(4)7-14(21-16)15(22)20-12-6-5-10(3)13(17)8-12/h5-9H,1-4H3,(H,20,22)(H,18,19,21). The van der Waals surface area contributed by atoms with Gasteiger partial charge in [-0.05, 0) is 51.5 Å². The lowest BCUT2D eigenvalue weighted by Crippen LogP contribution is -2.18. The summed E-state index contributed by atoms with van der Waals surface area (Å²) in [5, 5.41) is 5.96. The second kappa shape index (κ2) is 6.87. The smallest absolute Gasteiger partial charge is 0.274 e. The summed E-state index contributed by atoms with van der Waals surface area (Å²) in [6, 6.07) is 7.54. The average Bonchev–Trinajstić information content (AvgIpc) is 2.41. The van der Waals surface area contributed by atoms with Crippen molar-refractivity contribution in [1.29, 1.82) is 0 Å². The first kappa shape index (κ1) is 16.4. The number of halogens is 1. The molecule has 0 saturated carbocycles. The van der Waals surface area contributed by atoms with Gasteiger partial charge in [0, 0.05) is 21.9 Å². The Bertz CT molecular complexity index is 701. The van der Waals surface area contributed by atoms with Crippen molar-refractivity contribution in [2.75, 3.05) is 10.6 Å². The van der Waals surface area contributed by atoms with E-state index in [4.69, 9.17) is 0 Å². The molecule has 2 aromatic rings. The van der Waals surface area contributed by atoms with Crippen LogP contribution in [0.25, 0.3) is 0 Å². The van der Waals surface area contributed by atoms with E-state index in [1.165, 1.54) is 0 Å². The molecule has 0 aliphatic heterocycles. The summed E-state index contributed by atoms with van der Waals surface area (Å²) in [4.78, 5) is 20.9. The van der Waals surface area contributed by atoms with Gasteiger partial charge >= 0.3 is 0 Å². The van der Waals surface area contributed by atoms with Gasteiger partial charge in [-0.3, -0.25) is 4.79 Å². The van der Waals surface area contributed by atoms with Gasteiger partial charge in [-0.2, -0.15) is 0 Å². The van der Waals surface area contributed by atoms with Crippen molar-refractivity contribution in [1.82, 2.24) is 9.97 Å². The van der Waals surface area contributed by atoms with Crippen LogP contribution in [-0.4, -0.2) is 21.9 Å². The van der Waals surface area contributed by atoms with E-state index in [0.29, 0.717) is 11.6 Å². The normalized spacial score (nSPS) is 10.6. The van der Waals surface area contributed by atoms with E-state index in [9.17, 15) is 4.79 Å². The van der Waals surface area contributed by atoms with Crippen LogP contribution in [0.5, 0.6) is 0 Å². The Balaban J connectivity index is 2.21. The number of aromatic nitrogens is 2. The van der Waals surface area contributed by atoms with Crippen LogP contribution < -0.4 is 10.6 Å². The highest BCUT2D eigenvalue weighted by Crippen LogP contribution is 2.21. The minimum Gasteiger partial charge on any atom is -0.352 e. The summed E-state index contributed by atoms with van der Waals surface area (Å²) in [5.74, 6) is 0.207. The highest BCUT2D eigenvalue weighted by Gasteiger charge is 2.12. The Morgan fingerprint density at radius 1 is 1.18 bits per heavy atom. The molecule has 5 nitrogen and oxygen atoms in total. The van der Waals surface area contributed by atoms with Crippen molar-refractivity contribution in [3.05, 3.63) is 45.7 Å². The van der Waals surface area contributed by atoms with Crippen LogP contribution in [0.15, 0.2) is 28.7 Å². The first-order valence-electron chi connectivity index (χ1n) is 7.05. The third kappa shape index (κ3) is 4.27. The summed E-state index contributed by atoms with van der Waals surface area (Å²) in [6.07, 6.45) is 0. The number of amides is 1. The summed E-state index contributed by atoms with van der Waals surface area (Å²) >= 11 is 3.46. The van der Waals surface area contributed by atoms with Crippen LogP contribution in [0.3, 0.4) is 0 Å². The molecule has 2 rings (SSSR count). The fourth-order valence-electron chi connectivity index (χ4n) is 1.87. The molecule has 1 amide bonds. The molecule has 6 heteroatoms. The molecule has 1 heterocycles. The first-order valence-corrected chi connectivity index (χ1v) is 7.84. The molecular weight excluding hydrogens is 344 g/mol. The first-order chi connectivity index (χ1) is 10.3. The number of nitrogens with zero attached hydrogens (tertiary/aromatic N) is 2. The van der Waals surface area contributed by atoms with E-state index < -0.39 is 0 Å². The van der Waals surface area contributed by atoms with Gasteiger partial charge in [0.2, 0.25) is 5.95 Å². The molecule has 0 atom stereocenters. The van der Waals surface area contributed by atoms with E-state index in [-0.39, 0.29) is 11.9 Å². The van der Waals surface area contributed by atoms with E-state index in [1.807, 2.05) is 45.9 Å². The van der Waals surface area contributed by atoms with Gasteiger partial charge < -0.3 is 10.6 Å². The van der Waals surface area contributed by atoms with Crippen molar-refractivity contribution in [3.8, 4) is 0 Å². The maximum Gasteiger partial charge on any atom is 0.274 e. The molecule has 0 fully saturated rings. The Labute approximate surface area is 138 Å². The predicted molar refractivity (Wildman–Crippen MR) is 92.4 cm³/mol. The van der Waals surface area contributed by atoms with Gasteiger partial charge in [0.25, 0.3) is 5.91 Å². The van der Waals surface area contributed by atoms with Crippen molar-refractivity contribution in [3.63, 3.8) is 0 Å². The fourth-order valence-corrected chi connectivity index (χ4v) is 2.25. The quantitative estimate of drug-likeness (QED) is 0.864. The molecule has 0 aliphatic rings. The molecule has 1 aromatic carbocycles. The van der Waals surface area contributed by atoms with Crippen molar-refractivity contribution in [2.24, 2.45) is 0 Å². The van der Waals surface area contributed by atoms with E-state index in [1.54, 1.807) is 6.07 Å². The van der Waals surface area contributed by atoms with Gasteiger partial charge in [-0.1, -0.05) is 22.0 Å². The molecule has 1 aromatic heterocycles. The zero-order valence-electron chi connectivity index (χ0n) is 13.1. The van der Waals surface area contributed by atoms with Gasteiger partial charge in [0.1, 0.15) is 5.69 Å². The second-order valence-corrected chi connectivity index (χ2v) is 6.29. The highest BCUT2D eigenvalue weighted by atomic mass is 79.9. The minimum absolute atomic E-state index is 0.200. The second-order valence-electron chi connectivity index (χ2n) is 5.44. The molecule has 0 bridgehead atoms. The molecule has 0 radical (unpaired) electrons. The van der Waals surface area contributed by atoms with Crippen LogP contribution in [0.4, 0.5) is 11.6 Å². The largest absolute Gasteiger partial charge is 0.352 e. The monoisotopic (exact) mass is 362 g/mol. The number of anilines is 2. The molecule has 116 valence electrons. The number of aryl methyl sites for hydroxylation is 2. The third-order valence-electron chi connectivity index (χ3n) is 2.93. The van der Waals surface area contributed by atoms with Crippen molar-refractivity contribution in [2.45, 2.75) is 33.7 Å². The SMILES string of the molecule is Cc1cc(C(=O)Nc2ccc(C)c(Br)c2)nc(NC(C)C)n1. The molecule has 22 heavy (non-hydrogen) atoms. The lowest BCUT2D eigenvalue weighted by atomic mass is 10.2. The number of nitrogens with one attached hydrogen (secondary N) is 2.